The fourth-order valence-electron chi connectivity index (χ4n) is 1.43. The third-order valence-electron chi connectivity index (χ3n) is 2.33. The SMILES string of the molecule is Cc1cccc(Nc2ncc(Br)cc2N)c1Br. The number of hydrogen-bond donors (Lipinski definition) is 2. The summed E-state index contributed by atoms with van der Waals surface area (Å²) in [6.07, 6.45) is 1.71. The number of nitrogen functional groups attached to an aromatic ring is 1. The molecule has 0 bridgehead atoms. The van der Waals surface area contributed by atoms with Crippen LogP contribution in [0.3, 0.4) is 0 Å². The molecule has 0 aliphatic heterocycles. The first kappa shape index (κ1) is 12.4. The number of rotatable bonds is 2. The molecule has 2 aromatic rings. The highest BCUT2D eigenvalue weighted by Gasteiger charge is 2.06. The molecule has 1 aromatic carbocycles. The second kappa shape index (κ2) is 5.06. The van der Waals surface area contributed by atoms with Gasteiger partial charge in [-0.05, 0) is 56.5 Å². The van der Waals surface area contributed by atoms with E-state index in [-0.39, 0.29) is 0 Å². The van der Waals surface area contributed by atoms with Crippen molar-refractivity contribution in [3.05, 3.63) is 45.0 Å². The van der Waals surface area contributed by atoms with Gasteiger partial charge in [0, 0.05) is 15.1 Å². The molecule has 0 radical (unpaired) electrons. The van der Waals surface area contributed by atoms with Crippen LogP contribution in [0.2, 0.25) is 0 Å². The van der Waals surface area contributed by atoms with Crippen molar-refractivity contribution in [1.82, 2.24) is 4.98 Å². The number of hydrogen-bond acceptors (Lipinski definition) is 3. The van der Waals surface area contributed by atoms with Crippen LogP contribution in [0.5, 0.6) is 0 Å². The van der Waals surface area contributed by atoms with Crippen LogP contribution in [0.4, 0.5) is 17.2 Å². The van der Waals surface area contributed by atoms with Crippen molar-refractivity contribution < 1.29 is 0 Å². The minimum absolute atomic E-state index is 0.604. The maximum absolute atomic E-state index is 5.89. The molecule has 0 fully saturated rings. The molecule has 0 aliphatic carbocycles. The quantitative estimate of drug-likeness (QED) is 0.846. The Morgan fingerprint density at radius 1 is 1.29 bits per heavy atom. The molecular weight excluding hydrogens is 346 g/mol. The van der Waals surface area contributed by atoms with Crippen LogP contribution in [0, 0.1) is 6.92 Å². The number of pyridine rings is 1. The van der Waals surface area contributed by atoms with E-state index in [4.69, 9.17) is 5.73 Å². The zero-order valence-electron chi connectivity index (χ0n) is 9.17. The van der Waals surface area contributed by atoms with Crippen LogP contribution in [0.1, 0.15) is 5.56 Å². The molecule has 3 N–H and O–H groups in total. The van der Waals surface area contributed by atoms with Gasteiger partial charge in [0.25, 0.3) is 0 Å². The molecule has 0 spiro atoms. The molecule has 17 heavy (non-hydrogen) atoms. The second-order valence-corrected chi connectivity index (χ2v) is 5.36. The third-order valence-corrected chi connectivity index (χ3v) is 3.81. The van der Waals surface area contributed by atoms with Crippen molar-refractivity contribution >= 4 is 49.1 Å². The monoisotopic (exact) mass is 355 g/mol. The number of nitrogens with two attached hydrogens (primary N) is 1. The van der Waals surface area contributed by atoms with Gasteiger partial charge in [-0.25, -0.2) is 4.98 Å². The van der Waals surface area contributed by atoms with Gasteiger partial charge in [0.05, 0.1) is 11.4 Å². The lowest BCUT2D eigenvalue weighted by atomic mass is 10.2. The van der Waals surface area contributed by atoms with Crippen molar-refractivity contribution in [2.24, 2.45) is 0 Å². The van der Waals surface area contributed by atoms with E-state index in [2.05, 4.69) is 42.2 Å². The maximum Gasteiger partial charge on any atom is 0.153 e. The second-order valence-electron chi connectivity index (χ2n) is 3.65. The molecule has 0 aliphatic rings. The van der Waals surface area contributed by atoms with E-state index in [1.54, 1.807) is 6.20 Å². The number of aryl methyl sites for hydroxylation is 1. The molecule has 0 saturated carbocycles. The van der Waals surface area contributed by atoms with Gasteiger partial charge in [0.2, 0.25) is 0 Å². The van der Waals surface area contributed by atoms with Gasteiger partial charge in [-0.15, -0.1) is 0 Å². The van der Waals surface area contributed by atoms with Gasteiger partial charge in [-0.1, -0.05) is 12.1 Å². The zero-order chi connectivity index (χ0) is 12.4. The number of nitrogens with one attached hydrogen (secondary N) is 1. The molecule has 0 atom stereocenters. The van der Waals surface area contributed by atoms with Gasteiger partial charge < -0.3 is 11.1 Å². The highest BCUT2D eigenvalue weighted by molar-refractivity contribution is 9.11. The minimum atomic E-state index is 0.604. The van der Waals surface area contributed by atoms with Crippen LogP contribution in [-0.2, 0) is 0 Å². The topological polar surface area (TPSA) is 50.9 Å². The number of anilines is 3. The zero-order valence-corrected chi connectivity index (χ0v) is 12.3. The Bertz CT molecular complexity index is 555. The lowest BCUT2D eigenvalue weighted by molar-refractivity contribution is 1.29. The Kier molecular flexibility index (Phi) is 3.69. The summed E-state index contributed by atoms with van der Waals surface area (Å²) in [7, 11) is 0. The van der Waals surface area contributed by atoms with E-state index < -0.39 is 0 Å². The average molecular weight is 357 g/mol. The summed E-state index contributed by atoms with van der Waals surface area (Å²) < 4.78 is 1.88. The first-order valence-corrected chi connectivity index (χ1v) is 6.59. The molecule has 5 heteroatoms. The summed E-state index contributed by atoms with van der Waals surface area (Å²) in [5.41, 5.74) is 8.60. The molecule has 3 nitrogen and oxygen atoms in total. The van der Waals surface area contributed by atoms with E-state index in [1.165, 1.54) is 0 Å². The lowest BCUT2D eigenvalue weighted by Gasteiger charge is -2.11. The normalized spacial score (nSPS) is 10.3. The predicted octanol–water partition coefficient (Wildman–Crippen LogP) is 4.24. The molecule has 1 heterocycles. The summed E-state index contributed by atoms with van der Waals surface area (Å²) in [4.78, 5) is 4.24. The highest BCUT2D eigenvalue weighted by atomic mass is 79.9. The van der Waals surface area contributed by atoms with Gasteiger partial charge >= 0.3 is 0 Å². The fraction of sp³-hybridized carbons (Fsp3) is 0.0833. The van der Waals surface area contributed by atoms with E-state index in [0.29, 0.717) is 11.5 Å². The molecule has 2 rings (SSSR count). The smallest absolute Gasteiger partial charge is 0.153 e. The van der Waals surface area contributed by atoms with Crippen LogP contribution < -0.4 is 11.1 Å². The summed E-state index contributed by atoms with van der Waals surface area (Å²) in [6, 6.07) is 7.81. The Hall–Kier alpha value is -1.07. The van der Waals surface area contributed by atoms with E-state index in [9.17, 15) is 0 Å². The standard InChI is InChI=1S/C12H11Br2N3/c1-7-3-2-4-10(11(7)14)17-12-9(15)5-8(13)6-16-12/h2-6H,15H2,1H3,(H,16,17). The summed E-state index contributed by atoms with van der Waals surface area (Å²) in [6.45, 7) is 2.04. The summed E-state index contributed by atoms with van der Waals surface area (Å²) in [5.74, 6) is 0.652. The first-order chi connectivity index (χ1) is 8.08. The molecular formula is C12H11Br2N3. The van der Waals surface area contributed by atoms with Gasteiger partial charge in [0.1, 0.15) is 0 Å². The largest absolute Gasteiger partial charge is 0.396 e. The van der Waals surface area contributed by atoms with E-state index >= 15 is 0 Å². The molecule has 88 valence electrons. The Morgan fingerprint density at radius 3 is 2.76 bits per heavy atom. The molecule has 0 saturated heterocycles. The van der Waals surface area contributed by atoms with Gasteiger partial charge in [-0.3, -0.25) is 0 Å². The number of nitrogens with zero attached hydrogens (tertiary/aromatic N) is 1. The van der Waals surface area contributed by atoms with Gasteiger partial charge in [0.15, 0.2) is 5.82 Å². The average Bonchev–Trinajstić information content (AvgIpc) is 2.28. The van der Waals surface area contributed by atoms with Crippen LogP contribution in [-0.4, -0.2) is 4.98 Å². The summed E-state index contributed by atoms with van der Waals surface area (Å²) >= 11 is 6.86. The Balaban J connectivity index is 2.35. The van der Waals surface area contributed by atoms with E-state index in [1.807, 2.05) is 31.2 Å². The molecule has 1 aromatic heterocycles. The Labute approximate surface area is 117 Å². The molecule has 0 unspecified atom stereocenters. The predicted molar refractivity (Wildman–Crippen MR) is 78.5 cm³/mol. The van der Waals surface area contributed by atoms with Crippen molar-refractivity contribution in [2.45, 2.75) is 6.92 Å². The highest BCUT2D eigenvalue weighted by Crippen LogP contribution is 2.30. The number of benzene rings is 1. The van der Waals surface area contributed by atoms with Crippen LogP contribution >= 0.6 is 31.9 Å². The van der Waals surface area contributed by atoms with Gasteiger partial charge in [-0.2, -0.15) is 0 Å². The number of halogens is 2. The van der Waals surface area contributed by atoms with Crippen molar-refractivity contribution in [1.29, 1.82) is 0 Å². The fourth-order valence-corrected chi connectivity index (χ4v) is 2.14. The van der Waals surface area contributed by atoms with E-state index in [0.717, 1.165) is 20.2 Å². The first-order valence-electron chi connectivity index (χ1n) is 5.01. The lowest BCUT2D eigenvalue weighted by Crippen LogP contribution is -2.00. The Morgan fingerprint density at radius 2 is 2.06 bits per heavy atom. The van der Waals surface area contributed by atoms with Crippen LogP contribution in [0.15, 0.2) is 39.4 Å². The van der Waals surface area contributed by atoms with Crippen molar-refractivity contribution in [3.63, 3.8) is 0 Å². The maximum atomic E-state index is 5.89. The number of aromatic nitrogens is 1. The minimum Gasteiger partial charge on any atom is -0.396 e. The third kappa shape index (κ3) is 2.79. The van der Waals surface area contributed by atoms with Crippen molar-refractivity contribution in [2.75, 3.05) is 11.1 Å². The molecule has 0 amide bonds. The van der Waals surface area contributed by atoms with Crippen LogP contribution in [0.25, 0.3) is 0 Å². The van der Waals surface area contributed by atoms with Crippen molar-refractivity contribution in [3.8, 4) is 0 Å². The summed E-state index contributed by atoms with van der Waals surface area (Å²) in [5, 5.41) is 3.20.